The van der Waals surface area contributed by atoms with E-state index in [0.29, 0.717) is 0 Å². The van der Waals surface area contributed by atoms with Crippen molar-refractivity contribution in [2.75, 3.05) is 6.54 Å². The first-order valence-electron chi connectivity index (χ1n) is 5.94. The Labute approximate surface area is 122 Å². The number of hydrogen-bond acceptors (Lipinski definition) is 4. The Balaban J connectivity index is 2.39. The SMILES string of the molecule is C=CCN1C(=O)[C@@H](C)SC1=NS(=O)(=O)c1ccccc1. The first-order chi connectivity index (χ1) is 9.45. The van der Waals surface area contributed by atoms with E-state index >= 15 is 0 Å². The molecule has 0 N–H and O–H groups in total. The number of benzene rings is 1. The molecule has 1 aliphatic rings. The third-order valence-corrected chi connectivity index (χ3v) is 5.15. The second-order valence-electron chi connectivity index (χ2n) is 4.16. The van der Waals surface area contributed by atoms with Crippen molar-refractivity contribution in [3.05, 3.63) is 43.0 Å². The van der Waals surface area contributed by atoms with Crippen LogP contribution in [0.3, 0.4) is 0 Å². The number of thioether (sulfide) groups is 1. The van der Waals surface area contributed by atoms with Gasteiger partial charge in [0.25, 0.3) is 10.0 Å². The van der Waals surface area contributed by atoms with Crippen LogP contribution >= 0.6 is 11.8 Å². The van der Waals surface area contributed by atoms with Gasteiger partial charge in [0, 0.05) is 6.54 Å². The lowest BCUT2D eigenvalue weighted by Gasteiger charge is -2.13. The molecule has 1 heterocycles. The average molecular weight is 310 g/mol. The van der Waals surface area contributed by atoms with Gasteiger partial charge >= 0.3 is 0 Å². The van der Waals surface area contributed by atoms with Crippen LogP contribution in [0.15, 0.2) is 52.3 Å². The Morgan fingerprint density at radius 3 is 2.65 bits per heavy atom. The largest absolute Gasteiger partial charge is 0.286 e. The minimum Gasteiger partial charge on any atom is -0.286 e. The van der Waals surface area contributed by atoms with E-state index in [4.69, 9.17) is 0 Å². The predicted octanol–water partition coefficient (Wildman–Crippen LogP) is 1.88. The lowest BCUT2D eigenvalue weighted by atomic mass is 10.4. The maximum absolute atomic E-state index is 12.2. The highest BCUT2D eigenvalue weighted by atomic mass is 32.2. The number of carbonyl (C=O) groups is 1. The number of nitrogens with zero attached hydrogens (tertiary/aromatic N) is 2. The van der Waals surface area contributed by atoms with Gasteiger partial charge in [-0.3, -0.25) is 9.69 Å². The normalized spacial score (nSPS) is 21.4. The first kappa shape index (κ1) is 14.8. The minimum atomic E-state index is -3.80. The van der Waals surface area contributed by atoms with Gasteiger partial charge in [-0.1, -0.05) is 36.0 Å². The zero-order chi connectivity index (χ0) is 14.8. The molecule has 2 rings (SSSR count). The molecule has 1 aliphatic heterocycles. The number of sulfonamides is 1. The summed E-state index contributed by atoms with van der Waals surface area (Å²) in [6, 6.07) is 7.94. The monoisotopic (exact) mass is 310 g/mol. The fourth-order valence-corrected chi connectivity index (χ4v) is 3.92. The van der Waals surface area contributed by atoms with E-state index in [1.807, 2.05) is 0 Å². The van der Waals surface area contributed by atoms with Gasteiger partial charge in [0.1, 0.15) is 0 Å². The third-order valence-electron chi connectivity index (χ3n) is 2.68. The molecule has 0 radical (unpaired) electrons. The molecule has 1 aromatic rings. The molecule has 1 saturated heterocycles. The number of rotatable bonds is 4. The van der Waals surface area contributed by atoms with Crippen LogP contribution in [0.4, 0.5) is 0 Å². The van der Waals surface area contributed by atoms with Crippen LogP contribution in [-0.4, -0.2) is 36.2 Å². The van der Waals surface area contributed by atoms with Crippen molar-refractivity contribution in [3.8, 4) is 0 Å². The molecule has 106 valence electrons. The van der Waals surface area contributed by atoms with Crippen molar-refractivity contribution < 1.29 is 13.2 Å². The summed E-state index contributed by atoms with van der Waals surface area (Å²) in [5.41, 5.74) is 0. The maximum atomic E-state index is 12.2. The number of carbonyl (C=O) groups excluding carboxylic acids is 1. The molecule has 5 nitrogen and oxygen atoms in total. The van der Waals surface area contributed by atoms with Gasteiger partial charge in [-0.25, -0.2) is 0 Å². The Morgan fingerprint density at radius 1 is 1.40 bits per heavy atom. The molecule has 1 amide bonds. The standard InChI is InChI=1S/C13H14N2O3S2/c1-3-9-15-12(16)10(2)19-13(15)14-20(17,18)11-7-5-4-6-8-11/h3-8,10H,1,9H2,2H3/t10-/m1/s1. The minimum absolute atomic E-state index is 0.110. The molecular formula is C13H14N2O3S2. The lowest BCUT2D eigenvalue weighted by molar-refractivity contribution is -0.125. The third kappa shape index (κ3) is 2.94. The quantitative estimate of drug-likeness (QED) is 0.796. The van der Waals surface area contributed by atoms with E-state index in [1.54, 1.807) is 31.2 Å². The van der Waals surface area contributed by atoms with Crippen molar-refractivity contribution in [3.63, 3.8) is 0 Å². The Bertz CT molecular complexity index is 653. The Hall–Kier alpha value is -1.60. The maximum Gasteiger partial charge on any atom is 0.284 e. The second-order valence-corrected chi connectivity index (χ2v) is 7.07. The molecule has 0 saturated carbocycles. The molecular weight excluding hydrogens is 296 g/mol. The van der Waals surface area contributed by atoms with Crippen LogP contribution in [0.1, 0.15) is 6.92 Å². The van der Waals surface area contributed by atoms with Gasteiger partial charge in [-0.05, 0) is 19.1 Å². The van der Waals surface area contributed by atoms with Crippen molar-refractivity contribution in [1.29, 1.82) is 0 Å². The van der Waals surface area contributed by atoms with Gasteiger partial charge in [0.05, 0.1) is 10.1 Å². The smallest absolute Gasteiger partial charge is 0.284 e. The molecule has 0 aliphatic carbocycles. The van der Waals surface area contributed by atoms with Gasteiger partial charge in [-0.2, -0.15) is 8.42 Å². The van der Waals surface area contributed by atoms with E-state index < -0.39 is 10.0 Å². The lowest BCUT2D eigenvalue weighted by Crippen LogP contribution is -2.31. The van der Waals surface area contributed by atoms with Gasteiger partial charge in [0.2, 0.25) is 5.91 Å². The summed E-state index contributed by atoms with van der Waals surface area (Å²) in [5.74, 6) is -0.156. The molecule has 0 aromatic heterocycles. The summed E-state index contributed by atoms with van der Waals surface area (Å²) in [6.45, 7) is 5.54. The number of hydrogen-bond donors (Lipinski definition) is 0. The Morgan fingerprint density at radius 2 is 2.05 bits per heavy atom. The molecule has 1 aromatic carbocycles. The molecule has 1 atom stereocenters. The van der Waals surface area contributed by atoms with E-state index in [1.165, 1.54) is 17.0 Å². The second kappa shape index (κ2) is 5.80. The summed E-state index contributed by atoms with van der Waals surface area (Å²) in [7, 11) is -3.80. The topological polar surface area (TPSA) is 66.8 Å². The van der Waals surface area contributed by atoms with Crippen LogP contribution in [0.2, 0.25) is 0 Å². The molecule has 1 fully saturated rings. The fourth-order valence-electron chi connectivity index (χ4n) is 1.70. The highest BCUT2D eigenvalue weighted by Gasteiger charge is 2.35. The molecule has 0 bridgehead atoms. The van der Waals surface area contributed by atoms with Gasteiger partial charge in [-0.15, -0.1) is 11.0 Å². The van der Waals surface area contributed by atoms with Crippen molar-refractivity contribution >= 4 is 32.9 Å². The van der Waals surface area contributed by atoms with Crippen LogP contribution in [0, 0.1) is 0 Å². The van der Waals surface area contributed by atoms with Gasteiger partial charge in [0.15, 0.2) is 5.17 Å². The van der Waals surface area contributed by atoms with E-state index in [0.717, 1.165) is 11.8 Å². The van der Waals surface area contributed by atoms with Gasteiger partial charge < -0.3 is 0 Å². The molecule has 20 heavy (non-hydrogen) atoms. The van der Waals surface area contributed by atoms with Crippen LogP contribution in [-0.2, 0) is 14.8 Å². The molecule has 7 heteroatoms. The summed E-state index contributed by atoms with van der Waals surface area (Å²) < 4.78 is 28.2. The molecule has 0 unspecified atom stereocenters. The van der Waals surface area contributed by atoms with Crippen LogP contribution in [0.25, 0.3) is 0 Å². The molecule has 0 spiro atoms. The van der Waals surface area contributed by atoms with Crippen molar-refractivity contribution in [2.45, 2.75) is 17.1 Å². The van der Waals surface area contributed by atoms with Crippen molar-refractivity contribution in [2.24, 2.45) is 4.40 Å². The summed E-state index contributed by atoms with van der Waals surface area (Å²) in [5, 5.41) is -0.133. The van der Waals surface area contributed by atoms with E-state index in [9.17, 15) is 13.2 Å². The summed E-state index contributed by atoms with van der Waals surface area (Å²) in [4.78, 5) is 13.4. The first-order valence-corrected chi connectivity index (χ1v) is 8.26. The zero-order valence-electron chi connectivity index (χ0n) is 10.9. The summed E-state index contributed by atoms with van der Waals surface area (Å²) in [6.07, 6.45) is 1.54. The van der Waals surface area contributed by atoms with Crippen molar-refractivity contribution in [1.82, 2.24) is 4.90 Å². The van der Waals surface area contributed by atoms with Crippen LogP contribution < -0.4 is 0 Å². The fraction of sp³-hybridized carbons (Fsp3) is 0.231. The highest BCUT2D eigenvalue weighted by molar-refractivity contribution is 8.16. The number of amidine groups is 1. The Kier molecular flexibility index (Phi) is 4.29. The van der Waals surface area contributed by atoms with E-state index in [-0.39, 0.29) is 27.8 Å². The number of amides is 1. The zero-order valence-corrected chi connectivity index (χ0v) is 12.5. The van der Waals surface area contributed by atoms with E-state index in [2.05, 4.69) is 11.0 Å². The predicted molar refractivity (Wildman–Crippen MR) is 80.0 cm³/mol. The average Bonchev–Trinajstić information content (AvgIpc) is 2.67. The van der Waals surface area contributed by atoms with Crippen LogP contribution in [0.5, 0.6) is 0 Å². The highest BCUT2D eigenvalue weighted by Crippen LogP contribution is 2.28. The summed E-state index contributed by atoms with van der Waals surface area (Å²) >= 11 is 1.14.